The number of esters is 1. The Labute approximate surface area is 155 Å². The Morgan fingerprint density at radius 3 is 2.42 bits per heavy atom. The molecule has 138 valence electrons. The van der Waals surface area contributed by atoms with Gasteiger partial charge in [-0.2, -0.15) is 0 Å². The van der Waals surface area contributed by atoms with Crippen molar-refractivity contribution in [2.75, 3.05) is 14.2 Å². The molecule has 26 heavy (non-hydrogen) atoms. The van der Waals surface area contributed by atoms with Crippen molar-refractivity contribution in [2.24, 2.45) is 5.92 Å². The van der Waals surface area contributed by atoms with Crippen LogP contribution < -0.4 is 4.74 Å². The molecule has 0 saturated carbocycles. The maximum atomic E-state index is 12.3. The van der Waals surface area contributed by atoms with Crippen molar-refractivity contribution in [3.8, 4) is 11.5 Å². The van der Waals surface area contributed by atoms with Crippen molar-refractivity contribution in [1.29, 1.82) is 0 Å². The van der Waals surface area contributed by atoms with Crippen molar-refractivity contribution in [3.05, 3.63) is 58.7 Å². The predicted molar refractivity (Wildman–Crippen MR) is 105 cm³/mol. The van der Waals surface area contributed by atoms with Crippen molar-refractivity contribution >= 4 is 18.1 Å². The van der Waals surface area contributed by atoms with Crippen LogP contribution in [0.25, 0.3) is 12.2 Å². The van der Waals surface area contributed by atoms with E-state index in [9.17, 15) is 9.90 Å². The third-order valence-corrected chi connectivity index (χ3v) is 4.23. The van der Waals surface area contributed by atoms with Gasteiger partial charge in [-0.1, -0.05) is 56.3 Å². The summed E-state index contributed by atoms with van der Waals surface area (Å²) in [5, 5.41) is 10.8. The van der Waals surface area contributed by atoms with E-state index in [0.29, 0.717) is 29.2 Å². The molecule has 0 aliphatic heterocycles. The number of methoxy groups -OCH3 is 2. The van der Waals surface area contributed by atoms with E-state index in [4.69, 9.17) is 9.47 Å². The van der Waals surface area contributed by atoms with Gasteiger partial charge in [0.15, 0.2) is 0 Å². The Kier molecular flexibility index (Phi) is 6.84. The first-order chi connectivity index (χ1) is 12.5. The van der Waals surface area contributed by atoms with Gasteiger partial charge >= 0.3 is 5.97 Å². The molecule has 2 aromatic carbocycles. The van der Waals surface area contributed by atoms with Crippen LogP contribution in [0.5, 0.6) is 11.5 Å². The molecule has 0 atom stereocenters. The lowest BCUT2D eigenvalue weighted by atomic mass is 9.95. The van der Waals surface area contributed by atoms with E-state index in [2.05, 4.69) is 13.8 Å². The number of hydrogen-bond donors (Lipinski definition) is 1. The Balaban J connectivity index is 2.54. The number of carbonyl (C=O) groups excluding carboxylic acids is 1. The molecule has 0 heterocycles. The third kappa shape index (κ3) is 4.66. The van der Waals surface area contributed by atoms with Gasteiger partial charge in [0.05, 0.1) is 14.2 Å². The molecule has 0 bridgehead atoms. The van der Waals surface area contributed by atoms with E-state index in [1.54, 1.807) is 19.3 Å². The van der Waals surface area contributed by atoms with Crippen LogP contribution in [0.2, 0.25) is 0 Å². The molecule has 4 nitrogen and oxygen atoms in total. The minimum absolute atomic E-state index is 0.0652. The van der Waals surface area contributed by atoms with E-state index in [0.717, 1.165) is 12.0 Å². The topological polar surface area (TPSA) is 55.8 Å². The molecule has 0 aliphatic rings. The molecule has 2 rings (SSSR count). The molecule has 2 aromatic rings. The Morgan fingerprint density at radius 1 is 1.15 bits per heavy atom. The van der Waals surface area contributed by atoms with Crippen molar-refractivity contribution < 1.29 is 19.4 Å². The fraction of sp³-hybridized carbons (Fsp3) is 0.318. The minimum Gasteiger partial charge on any atom is -0.507 e. The van der Waals surface area contributed by atoms with Crippen molar-refractivity contribution in [2.45, 2.75) is 26.7 Å². The number of phenolic OH excluding ortho intramolecular Hbond substituents is 1. The highest BCUT2D eigenvalue weighted by Gasteiger charge is 2.23. The molecule has 0 aromatic heterocycles. The van der Waals surface area contributed by atoms with Crippen molar-refractivity contribution in [1.82, 2.24) is 0 Å². The molecule has 4 heteroatoms. The van der Waals surface area contributed by atoms with Crippen LogP contribution >= 0.6 is 0 Å². The zero-order valence-electron chi connectivity index (χ0n) is 15.8. The highest BCUT2D eigenvalue weighted by atomic mass is 16.5. The summed E-state index contributed by atoms with van der Waals surface area (Å²) in [5.41, 5.74) is 2.35. The molecule has 1 N–H and O–H groups in total. The van der Waals surface area contributed by atoms with Crippen molar-refractivity contribution in [3.63, 3.8) is 0 Å². The smallest absolute Gasteiger partial charge is 0.342 e. The Morgan fingerprint density at radius 2 is 1.85 bits per heavy atom. The third-order valence-electron chi connectivity index (χ3n) is 4.23. The van der Waals surface area contributed by atoms with E-state index in [1.807, 2.05) is 36.4 Å². The number of phenols is 1. The summed E-state index contributed by atoms with van der Waals surface area (Å²) in [6.45, 7) is 4.23. The zero-order valence-corrected chi connectivity index (χ0v) is 15.8. The highest BCUT2D eigenvalue weighted by Crippen LogP contribution is 2.37. The maximum absolute atomic E-state index is 12.3. The van der Waals surface area contributed by atoms with E-state index in [-0.39, 0.29) is 11.3 Å². The van der Waals surface area contributed by atoms with Gasteiger partial charge in [-0.15, -0.1) is 0 Å². The summed E-state index contributed by atoms with van der Waals surface area (Å²) in [5.74, 6) is 0.412. The molecule has 0 amide bonds. The summed E-state index contributed by atoms with van der Waals surface area (Å²) in [6, 6.07) is 11.5. The van der Waals surface area contributed by atoms with Crippen LogP contribution in [0, 0.1) is 5.92 Å². The second-order valence-corrected chi connectivity index (χ2v) is 6.54. The van der Waals surface area contributed by atoms with Crippen LogP contribution in [0.1, 0.15) is 47.3 Å². The first-order valence-corrected chi connectivity index (χ1v) is 8.72. The lowest BCUT2D eigenvalue weighted by Gasteiger charge is -2.16. The summed E-state index contributed by atoms with van der Waals surface area (Å²) >= 11 is 0. The summed E-state index contributed by atoms with van der Waals surface area (Å²) in [7, 11) is 2.88. The Hall–Kier alpha value is -2.75. The second kappa shape index (κ2) is 9.09. The SMILES string of the molecule is COC(=O)c1c(C=Cc2ccccc2)cc(OC)c(CCC(C)C)c1O. The molecular formula is C22H26O4. The van der Waals surface area contributed by atoms with E-state index < -0.39 is 5.97 Å². The summed E-state index contributed by atoms with van der Waals surface area (Å²) < 4.78 is 10.4. The van der Waals surface area contributed by atoms with E-state index in [1.165, 1.54) is 7.11 Å². The number of carbonyl (C=O) groups is 1. The highest BCUT2D eigenvalue weighted by molar-refractivity contribution is 5.98. The lowest BCUT2D eigenvalue weighted by molar-refractivity contribution is 0.0597. The van der Waals surface area contributed by atoms with Gasteiger partial charge in [0.2, 0.25) is 0 Å². The van der Waals surface area contributed by atoms with Gasteiger partial charge in [-0.05, 0) is 36.0 Å². The first-order valence-electron chi connectivity index (χ1n) is 8.72. The standard InChI is InChI=1S/C22H26O4/c1-15(2)10-13-18-19(25-3)14-17(20(21(18)23)22(24)26-4)12-11-16-8-6-5-7-9-16/h5-9,11-12,14-15,23H,10,13H2,1-4H3. The second-order valence-electron chi connectivity index (χ2n) is 6.54. The first kappa shape index (κ1) is 19.6. The molecule has 0 radical (unpaired) electrons. The lowest BCUT2D eigenvalue weighted by Crippen LogP contribution is -2.08. The summed E-state index contributed by atoms with van der Waals surface area (Å²) in [6.07, 6.45) is 5.17. The van der Waals surface area contributed by atoms with Gasteiger partial charge in [-0.25, -0.2) is 4.79 Å². The average Bonchev–Trinajstić information content (AvgIpc) is 2.65. The number of aromatic hydroxyl groups is 1. The number of hydrogen-bond acceptors (Lipinski definition) is 4. The normalized spacial score (nSPS) is 11.1. The largest absolute Gasteiger partial charge is 0.507 e. The molecular weight excluding hydrogens is 328 g/mol. The molecule has 0 spiro atoms. The van der Waals surface area contributed by atoms with Crippen LogP contribution in [-0.2, 0) is 11.2 Å². The number of rotatable bonds is 7. The van der Waals surface area contributed by atoms with E-state index >= 15 is 0 Å². The quantitative estimate of drug-likeness (QED) is 0.565. The maximum Gasteiger partial charge on any atom is 0.342 e. The fourth-order valence-corrected chi connectivity index (χ4v) is 2.76. The van der Waals surface area contributed by atoms with Crippen LogP contribution in [-0.4, -0.2) is 25.3 Å². The van der Waals surface area contributed by atoms with Crippen LogP contribution in [0.4, 0.5) is 0 Å². The zero-order chi connectivity index (χ0) is 19.1. The predicted octanol–water partition coefficient (Wildman–Crippen LogP) is 4.95. The Bertz CT molecular complexity index is 776. The monoisotopic (exact) mass is 354 g/mol. The minimum atomic E-state index is -0.566. The molecule has 0 fully saturated rings. The molecule has 0 aliphatic carbocycles. The van der Waals surface area contributed by atoms with Crippen LogP contribution in [0.3, 0.4) is 0 Å². The van der Waals surface area contributed by atoms with Gasteiger partial charge in [0, 0.05) is 5.56 Å². The average molecular weight is 354 g/mol. The summed E-state index contributed by atoms with van der Waals surface area (Å²) in [4.78, 5) is 12.3. The number of benzene rings is 2. The van der Waals surface area contributed by atoms with Gasteiger partial charge in [-0.3, -0.25) is 0 Å². The molecule has 0 unspecified atom stereocenters. The number of ether oxygens (including phenoxy) is 2. The molecule has 0 saturated heterocycles. The van der Waals surface area contributed by atoms with Gasteiger partial charge < -0.3 is 14.6 Å². The van der Waals surface area contributed by atoms with Gasteiger partial charge in [0.25, 0.3) is 0 Å². The van der Waals surface area contributed by atoms with Gasteiger partial charge in [0.1, 0.15) is 17.1 Å². The fourth-order valence-electron chi connectivity index (χ4n) is 2.76. The van der Waals surface area contributed by atoms with Crippen LogP contribution in [0.15, 0.2) is 36.4 Å².